The van der Waals surface area contributed by atoms with E-state index in [4.69, 9.17) is 10.5 Å². The van der Waals surface area contributed by atoms with E-state index in [0.717, 1.165) is 4.47 Å². The first-order chi connectivity index (χ1) is 9.47. The summed E-state index contributed by atoms with van der Waals surface area (Å²) < 4.78 is 6.50. The summed E-state index contributed by atoms with van der Waals surface area (Å²) in [6.45, 7) is 0. The number of pyridine rings is 1. The predicted molar refractivity (Wildman–Crippen MR) is 80.9 cm³/mol. The van der Waals surface area contributed by atoms with Gasteiger partial charge in [-0.1, -0.05) is 0 Å². The van der Waals surface area contributed by atoms with Crippen LogP contribution in [-0.4, -0.2) is 29.9 Å². The second-order valence-electron chi connectivity index (χ2n) is 4.37. The summed E-state index contributed by atoms with van der Waals surface area (Å²) in [6.07, 6.45) is 1.53. The van der Waals surface area contributed by atoms with Gasteiger partial charge < -0.3 is 15.4 Å². The molecular weight excluding hydrogens is 322 g/mol. The van der Waals surface area contributed by atoms with Crippen LogP contribution in [0.5, 0.6) is 11.5 Å². The highest BCUT2D eigenvalue weighted by molar-refractivity contribution is 9.10. The van der Waals surface area contributed by atoms with E-state index in [9.17, 15) is 4.79 Å². The van der Waals surface area contributed by atoms with Crippen molar-refractivity contribution in [2.45, 2.75) is 0 Å². The van der Waals surface area contributed by atoms with Crippen molar-refractivity contribution in [3.8, 4) is 11.5 Å². The fourth-order valence-corrected chi connectivity index (χ4v) is 1.87. The van der Waals surface area contributed by atoms with E-state index in [-0.39, 0.29) is 5.91 Å². The molecule has 1 heterocycles. The van der Waals surface area contributed by atoms with Gasteiger partial charge in [0.25, 0.3) is 5.91 Å². The maximum atomic E-state index is 11.8. The van der Waals surface area contributed by atoms with E-state index in [0.29, 0.717) is 22.9 Å². The maximum Gasteiger partial charge on any atom is 0.272 e. The van der Waals surface area contributed by atoms with Gasteiger partial charge in [0.05, 0.1) is 4.47 Å². The Hall–Kier alpha value is -2.08. The van der Waals surface area contributed by atoms with Crippen LogP contribution < -0.4 is 10.5 Å². The largest absolute Gasteiger partial charge is 0.456 e. The predicted octanol–water partition coefficient (Wildman–Crippen LogP) is 2.92. The zero-order valence-electron chi connectivity index (χ0n) is 11.1. The van der Waals surface area contributed by atoms with Gasteiger partial charge in [-0.25, -0.2) is 0 Å². The second-order valence-corrected chi connectivity index (χ2v) is 5.22. The lowest BCUT2D eigenvalue weighted by atomic mass is 10.3. The maximum absolute atomic E-state index is 11.8. The van der Waals surface area contributed by atoms with Crippen molar-refractivity contribution in [2.24, 2.45) is 0 Å². The molecule has 0 aliphatic heterocycles. The number of rotatable bonds is 3. The fourth-order valence-electron chi connectivity index (χ4n) is 1.55. The van der Waals surface area contributed by atoms with Crippen molar-refractivity contribution in [3.63, 3.8) is 0 Å². The number of ether oxygens (including phenoxy) is 1. The summed E-state index contributed by atoms with van der Waals surface area (Å²) >= 11 is 3.39. The molecule has 0 aliphatic rings. The van der Waals surface area contributed by atoms with Crippen LogP contribution in [0, 0.1) is 0 Å². The third-order valence-corrected chi connectivity index (χ3v) is 3.19. The van der Waals surface area contributed by atoms with Crippen molar-refractivity contribution < 1.29 is 9.53 Å². The Labute approximate surface area is 125 Å². The monoisotopic (exact) mass is 335 g/mol. The second kappa shape index (κ2) is 5.92. The Balaban J connectivity index is 2.28. The zero-order chi connectivity index (χ0) is 14.7. The van der Waals surface area contributed by atoms with Crippen LogP contribution in [0.3, 0.4) is 0 Å². The van der Waals surface area contributed by atoms with E-state index in [2.05, 4.69) is 20.9 Å². The van der Waals surface area contributed by atoms with E-state index in [1.165, 1.54) is 11.1 Å². The van der Waals surface area contributed by atoms with Gasteiger partial charge in [-0.3, -0.25) is 9.78 Å². The highest BCUT2D eigenvalue weighted by Gasteiger charge is 2.11. The topological polar surface area (TPSA) is 68.5 Å². The van der Waals surface area contributed by atoms with Crippen LogP contribution in [0.25, 0.3) is 0 Å². The molecule has 0 unspecified atom stereocenters. The number of benzene rings is 1. The number of halogens is 1. The highest BCUT2D eigenvalue weighted by Crippen LogP contribution is 2.31. The molecule has 0 saturated heterocycles. The first kappa shape index (κ1) is 14.3. The summed E-state index contributed by atoms with van der Waals surface area (Å²) in [4.78, 5) is 17.3. The minimum absolute atomic E-state index is 0.179. The van der Waals surface area contributed by atoms with Crippen LogP contribution in [0.4, 0.5) is 5.69 Å². The fraction of sp³-hybridized carbons (Fsp3) is 0.143. The molecule has 2 N–H and O–H groups in total. The number of nitrogens with two attached hydrogens (primary N) is 1. The molecule has 6 heteroatoms. The number of nitrogens with zero attached hydrogens (tertiary/aromatic N) is 2. The number of carbonyl (C=O) groups is 1. The molecule has 1 amide bonds. The lowest BCUT2D eigenvalue weighted by Gasteiger charge is -2.11. The van der Waals surface area contributed by atoms with Crippen LogP contribution in [0.2, 0.25) is 0 Å². The van der Waals surface area contributed by atoms with E-state index >= 15 is 0 Å². The average molecular weight is 336 g/mol. The van der Waals surface area contributed by atoms with E-state index in [1.54, 1.807) is 44.4 Å². The quantitative estimate of drug-likeness (QED) is 0.875. The Kier molecular flexibility index (Phi) is 4.24. The lowest BCUT2D eigenvalue weighted by Crippen LogP contribution is -2.22. The Morgan fingerprint density at radius 1 is 1.30 bits per heavy atom. The summed E-state index contributed by atoms with van der Waals surface area (Å²) in [5.41, 5.74) is 6.65. The normalized spacial score (nSPS) is 10.2. The van der Waals surface area contributed by atoms with Crippen molar-refractivity contribution in [3.05, 3.63) is 46.7 Å². The first-order valence-electron chi connectivity index (χ1n) is 5.88. The number of hydrogen-bond donors (Lipinski definition) is 1. The molecule has 0 atom stereocenters. The SMILES string of the molecule is CN(C)C(=O)c1cc(Oc2cc(N)ccc2Br)ccn1. The van der Waals surface area contributed by atoms with Crippen LogP contribution in [0.1, 0.15) is 10.5 Å². The number of amides is 1. The number of carbonyl (C=O) groups excluding carboxylic acids is 1. The molecule has 0 bridgehead atoms. The molecule has 0 fully saturated rings. The van der Waals surface area contributed by atoms with Gasteiger partial charge in [0.2, 0.25) is 0 Å². The standard InChI is InChI=1S/C14H14BrN3O2/c1-18(2)14(19)12-8-10(5-6-17-12)20-13-7-9(16)3-4-11(13)15/h3-8H,16H2,1-2H3. The number of nitrogen functional groups attached to an aromatic ring is 1. The summed E-state index contributed by atoms with van der Waals surface area (Å²) in [7, 11) is 3.35. The summed E-state index contributed by atoms with van der Waals surface area (Å²) in [5.74, 6) is 0.929. The molecule has 0 spiro atoms. The van der Waals surface area contributed by atoms with Gasteiger partial charge in [0, 0.05) is 38.1 Å². The summed E-state index contributed by atoms with van der Waals surface area (Å²) in [5, 5.41) is 0. The first-order valence-corrected chi connectivity index (χ1v) is 6.67. The minimum Gasteiger partial charge on any atom is -0.456 e. The molecule has 5 nitrogen and oxygen atoms in total. The molecule has 20 heavy (non-hydrogen) atoms. The molecule has 1 aromatic heterocycles. The number of hydrogen-bond acceptors (Lipinski definition) is 4. The van der Waals surface area contributed by atoms with Gasteiger partial charge in [-0.05, 0) is 34.1 Å². The minimum atomic E-state index is -0.179. The van der Waals surface area contributed by atoms with E-state index < -0.39 is 0 Å². The van der Waals surface area contributed by atoms with Gasteiger partial charge in [-0.15, -0.1) is 0 Å². The van der Waals surface area contributed by atoms with Gasteiger partial charge in [-0.2, -0.15) is 0 Å². The Bertz CT molecular complexity index is 644. The van der Waals surface area contributed by atoms with Crippen molar-refractivity contribution in [2.75, 3.05) is 19.8 Å². The number of anilines is 1. The smallest absolute Gasteiger partial charge is 0.272 e. The van der Waals surface area contributed by atoms with Gasteiger partial charge >= 0.3 is 0 Å². The molecule has 0 saturated carbocycles. The van der Waals surface area contributed by atoms with Crippen LogP contribution in [-0.2, 0) is 0 Å². The molecule has 2 rings (SSSR count). The highest BCUT2D eigenvalue weighted by atomic mass is 79.9. The van der Waals surface area contributed by atoms with Crippen LogP contribution >= 0.6 is 15.9 Å². The molecule has 104 valence electrons. The van der Waals surface area contributed by atoms with Crippen molar-refractivity contribution in [1.29, 1.82) is 0 Å². The third kappa shape index (κ3) is 3.27. The molecule has 0 radical (unpaired) electrons. The number of aromatic nitrogens is 1. The van der Waals surface area contributed by atoms with E-state index in [1.807, 2.05) is 0 Å². The summed E-state index contributed by atoms with van der Waals surface area (Å²) in [6, 6.07) is 8.56. The average Bonchev–Trinajstić information content (AvgIpc) is 2.42. The van der Waals surface area contributed by atoms with Crippen LogP contribution in [0.15, 0.2) is 41.0 Å². The Morgan fingerprint density at radius 2 is 2.05 bits per heavy atom. The van der Waals surface area contributed by atoms with Crippen molar-refractivity contribution >= 4 is 27.5 Å². The molecule has 2 aromatic rings. The molecule has 1 aromatic carbocycles. The lowest BCUT2D eigenvalue weighted by molar-refractivity contribution is 0.0821. The van der Waals surface area contributed by atoms with Crippen molar-refractivity contribution in [1.82, 2.24) is 9.88 Å². The molecular formula is C14H14BrN3O2. The Morgan fingerprint density at radius 3 is 2.75 bits per heavy atom. The molecule has 0 aliphatic carbocycles. The van der Waals surface area contributed by atoms with Gasteiger partial charge in [0.1, 0.15) is 17.2 Å². The van der Waals surface area contributed by atoms with Gasteiger partial charge in [0.15, 0.2) is 0 Å². The zero-order valence-corrected chi connectivity index (χ0v) is 12.7. The third-order valence-electron chi connectivity index (χ3n) is 2.54.